The van der Waals surface area contributed by atoms with Gasteiger partial charge in [-0.05, 0) is 25.1 Å². The van der Waals surface area contributed by atoms with Crippen molar-refractivity contribution in [1.29, 1.82) is 0 Å². The van der Waals surface area contributed by atoms with Crippen LogP contribution in [-0.4, -0.2) is 33.7 Å². The van der Waals surface area contributed by atoms with Crippen LogP contribution in [0.2, 0.25) is 0 Å². The fourth-order valence-corrected chi connectivity index (χ4v) is 4.28. The average Bonchev–Trinajstić information content (AvgIpc) is 3.03. The molecule has 1 heterocycles. The fraction of sp³-hybridized carbons (Fsp3) is 0.211. The van der Waals surface area contributed by atoms with Crippen LogP contribution in [0.4, 0.5) is 5.69 Å². The first-order valence-electron chi connectivity index (χ1n) is 8.66. The highest BCUT2D eigenvalue weighted by atomic mass is 32.2. The molecule has 8 nitrogen and oxygen atoms in total. The molecule has 3 rings (SSSR count). The van der Waals surface area contributed by atoms with E-state index in [2.05, 4.69) is 4.99 Å². The molecule has 3 aromatic rings. The van der Waals surface area contributed by atoms with Gasteiger partial charge in [0.2, 0.25) is 0 Å². The van der Waals surface area contributed by atoms with Gasteiger partial charge in [0, 0.05) is 17.0 Å². The number of non-ortho nitro benzene ring substituents is 1. The highest BCUT2D eigenvalue weighted by Gasteiger charge is 2.15. The molecular weight excluding hydrogens is 414 g/mol. The number of nitrogens with zero attached hydrogens (tertiary/aromatic N) is 3. The number of thioether (sulfide) groups is 1. The molecule has 150 valence electrons. The van der Waals surface area contributed by atoms with Crippen LogP contribution in [-0.2, 0) is 20.9 Å². The molecule has 0 aliphatic carbocycles. The SMILES string of the molecule is CCOC(=O)Cn1c(=NC(=O)CSc2ccccc2)sc2ccc([N+](=O)[O-])cc21. The number of benzene rings is 2. The van der Waals surface area contributed by atoms with Crippen molar-refractivity contribution >= 4 is 50.9 Å². The lowest BCUT2D eigenvalue weighted by Crippen LogP contribution is -2.23. The van der Waals surface area contributed by atoms with Crippen molar-refractivity contribution < 1.29 is 19.2 Å². The van der Waals surface area contributed by atoms with Crippen LogP contribution in [0.1, 0.15) is 6.92 Å². The van der Waals surface area contributed by atoms with Gasteiger partial charge in [-0.3, -0.25) is 19.7 Å². The Bertz CT molecular complexity index is 1120. The van der Waals surface area contributed by atoms with Gasteiger partial charge in [0.05, 0.1) is 27.5 Å². The third-order valence-electron chi connectivity index (χ3n) is 3.79. The van der Waals surface area contributed by atoms with Gasteiger partial charge in [-0.1, -0.05) is 29.5 Å². The predicted octanol–water partition coefficient (Wildman–Crippen LogP) is 3.39. The van der Waals surface area contributed by atoms with Crippen molar-refractivity contribution in [1.82, 2.24) is 4.57 Å². The summed E-state index contributed by atoms with van der Waals surface area (Å²) in [7, 11) is 0. The Morgan fingerprint density at radius 3 is 2.69 bits per heavy atom. The Labute approximate surface area is 174 Å². The highest BCUT2D eigenvalue weighted by molar-refractivity contribution is 8.00. The lowest BCUT2D eigenvalue weighted by atomic mass is 10.3. The summed E-state index contributed by atoms with van der Waals surface area (Å²) in [6.45, 7) is 1.71. The van der Waals surface area contributed by atoms with Gasteiger partial charge in [-0.25, -0.2) is 0 Å². The molecule has 10 heteroatoms. The van der Waals surface area contributed by atoms with Crippen molar-refractivity contribution in [3.63, 3.8) is 0 Å². The van der Waals surface area contributed by atoms with E-state index in [1.165, 1.54) is 39.8 Å². The first-order chi connectivity index (χ1) is 14.0. The number of hydrogen-bond acceptors (Lipinski definition) is 7. The van der Waals surface area contributed by atoms with Gasteiger partial charge in [0.15, 0.2) is 4.80 Å². The fourth-order valence-electron chi connectivity index (χ4n) is 2.55. The predicted molar refractivity (Wildman–Crippen MR) is 111 cm³/mol. The van der Waals surface area contributed by atoms with Crippen LogP contribution < -0.4 is 4.80 Å². The molecule has 0 aliphatic rings. The molecule has 0 fully saturated rings. The lowest BCUT2D eigenvalue weighted by molar-refractivity contribution is -0.384. The second kappa shape index (κ2) is 9.48. The first-order valence-corrected chi connectivity index (χ1v) is 10.5. The number of hydrogen-bond donors (Lipinski definition) is 0. The zero-order valence-corrected chi connectivity index (χ0v) is 17.1. The van der Waals surface area contributed by atoms with Crippen LogP contribution >= 0.6 is 23.1 Å². The molecule has 0 atom stereocenters. The monoisotopic (exact) mass is 431 g/mol. The normalized spacial score (nSPS) is 11.6. The molecular formula is C19H17N3O5S2. The average molecular weight is 431 g/mol. The summed E-state index contributed by atoms with van der Waals surface area (Å²) in [5.41, 5.74) is 0.352. The minimum Gasteiger partial charge on any atom is -0.465 e. The maximum atomic E-state index is 12.4. The van der Waals surface area contributed by atoms with E-state index in [9.17, 15) is 19.7 Å². The third kappa shape index (κ3) is 5.30. The van der Waals surface area contributed by atoms with E-state index in [1.54, 1.807) is 13.0 Å². The summed E-state index contributed by atoms with van der Waals surface area (Å²) in [6.07, 6.45) is 0. The third-order valence-corrected chi connectivity index (χ3v) is 5.85. The lowest BCUT2D eigenvalue weighted by Gasteiger charge is -2.05. The maximum Gasteiger partial charge on any atom is 0.326 e. The zero-order chi connectivity index (χ0) is 20.8. The minimum atomic E-state index is -0.510. The second-order valence-electron chi connectivity index (χ2n) is 5.79. The van der Waals surface area contributed by atoms with E-state index in [-0.39, 0.29) is 30.5 Å². The highest BCUT2D eigenvalue weighted by Crippen LogP contribution is 2.23. The number of rotatable bonds is 7. The summed E-state index contributed by atoms with van der Waals surface area (Å²) < 4.78 is 7.15. The Morgan fingerprint density at radius 2 is 2.00 bits per heavy atom. The van der Waals surface area contributed by atoms with Crippen molar-refractivity contribution in [3.05, 3.63) is 63.4 Å². The minimum absolute atomic E-state index is 0.106. The van der Waals surface area contributed by atoms with Gasteiger partial charge in [0.1, 0.15) is 6.54 Å². The second-order valence-corrected chi connectivity index (χ2v) is 7.85. The summed E-state index contributed by atoms with van der Waals surface area (Å²) >= 11 is 2.55. The molecule has 0 aliphatic heterocycles. The number of aromatic nitrogens is 1. The zero-order valence-electron chi connectivity index (χ0n) is 15.4. The Hall–Kier alpha value is -2.98. The number of amides is 1. The van der Waals surface area contributed by atoms with Crippen molar-refractivity contribution in [2.24, 2.45) is 4.99 Å². The van der Waals surface area contributed by atoms with Crippen molar-refractivity contribution in [2.45, 2.75) is 18.4 Å². The standard InChI is InChI=1S/C19H17N3O5S2/c1-2-27-18(24)11-21-15-10-13(22(25)26)8-9-16(15)29-19(21)20-17(23)12-28-14-6-4-3-5-7-14/h3-10H,2,11-12H2,1H3. The molecule has 0 unspecified atom stereocenters. The Morgan fingerprint density at radius 1 is 1.24 bits per heavy atom. The van der Waals surface area contributed by atoms with Crippen molar-refractivity contribution in [3.8, 4) is 0 Å². The van der Waals surface area contributed by atoms with Gasteiger partial charge in [-0.15, -0.1) is 11.8 Å². The van der Waals surface area contributed by atoms with Gasteiger partial charge >= 0.3 is 5.97 Å². The molecule has 0 bridgehead atoms. The molecule has 29 heavy (non-hydrogen) atoms. The van der Waals surface area contributed by atoms with Gasteiger partial charge < -0.3 is 9.30 Å². The molecule has 0 saturated heterocycles. The number of carbonyl (C=O) groups is 2. The van der Waals surface area contributed by atoms with Crippen LogP contribution in [0.5, 0.6) is 0 Å². The summed E-state index contributed by atoms with van der Waals surface area (Å²) in [5.74, 6) is -0.735. The topological polar surface area (TPSA) is 104 Å². The first kappa shape index (κ1) is 20.7. The van der Waals surface area contributed by atoms with E-state index >= 15 is 0 Å². The van der Waals surface area contributed by atoms with E-state index in [4.69, 9.17) is 4.74 Å². The molecule has 1 amide bonds. The summed E-state index contributed by atoms with van der Waals surface area (Å²) in [6, 6.07) is 13.8. The molecule has 0 spiro atoms. The van der Waals surface area contributed by atoms with Crippen LogP contribution in [0.25, 0.3) is 10.2 Å². The summed E-state index contributed by atoms with van der Waals surface area (Å²) in [4.78, 5) is 40.4. The van der Waals surface area contributed by atoms with Crippen LogP contribution in [0.3, 0.4) is 0 Å². The molecule has 0 N–H and O–H groups in total. The summed E-state index contributed by atoms with van der Waals surface area (Å²) in [5, 5.41) is 11.1. The van der Waals surface area contributed by atoms with E-state index in [0.717, 1.165) is 4.90 Å². The number of nitro groups is 1. The molecule has 0 radical (unpaired) electrons. The Balaban J connectivity index is 1.95. The number of thiazole rings is 1. The molecule has 1 aromatic heterocycles. The van der Waals surface area contributed by atoms with E-state index in [0.29, 0.717) is 15.0 Å². The number of carbonyl (C=O) groups excluding carboxylic acids is 2. The molecule has 2 aromatic carbocycles. The van der Waals surface area contributed by atoms with E-state index in [1.807, 2.05) is 30.3 Å². The smallest absolute Gasteiger partial charge is 0.326 e. The maximum absolute atomic E-state index is 12.4. The van der Waals surface area contributed by atoms with Crippen LogP contribution in [0, 0.1) is 10.1 Å². The van der Waals surface area contributed by atoms with Gasteiger partial charge in [0.25, 0.3) is 11.6 Å². The van der Waals surface area contributed by atoms with Gasteiger partial charge in [-0.2, -0.15) is 4.99 Å². The van der Waals surface area contributed by atoms with E-state index < -0.39 is 10.9 Å². The largest absolute Gasteiger partial charge is 0.465 e. The van der Waals surface area contributed by atoms with Crippen molar-refractivity contribution in [2.75, 3.05) is 12.4 Å². The molecule has 0 saturated carbocycles. The van der Waals surface area contributed by atoms with Crippen LogP contribution in [0.15, 0.2) is 58.4 Å². The Kier molecular flexibility index (Phi) is 6.78. The number of esters is 1. The number of nitro benzene ring substituents is 1. The number of ether oxygens (including phenoxy) is 1. The number of fused-ring (bicyclic) bond motifs is 1. The quantitative estimate of drug-likeness (QED) is 0.246.